The first-order valence-electron chi connectivity index (χ1n) is 8.16. The maximum atomic E-state index is 12.6. The van der Waals surface area contributed by atoms with Crippen LogP contribution in [0.3, 0.4) is 0 Å². The molecule has 1 amide bonds. The van der Waals surface area contributed by atoms with Gasteiger partial charge in [-0.25, -0.2) is 4.98 Å². The molecule has 0 spiro atoms. The molecule has 1 saturated heterocycles. The number of ether oxygens (including phenoxy) is 2. The zero-order valence-electron chi connectivity index (χ0n) is 14.1. The fraction of sp³-hybridized carbons (Fsp3) is 0.529. The van der Waals surface area contributed by atoms with Crippen LogP contribution in [0.1, 0.15) is 35.1 Å². The Morgan fingerprint density at radius 2 is 2.29 bits per heavy atom. The minimum Gasteiger partial charge on any atom is -0.468 e. The summed E-state index contributed by atoms with van der Waals surface area (Å²) in [6.07, 6.45) is 5.75. The van der Waals surface area contributed by atoms with Gasteiger partial charge >= 0.3 is 0 Å². The Balaban J connectivity index is 1.70. The Hall–Kier alpha value is -2.28. The number of methoxy groups -OCH3 is 2. The number of hydrogen-bond donors (Lipinski definition) is 0. The van der Waals surface area contributed by atoms with Crippen LogP contribution in [0.2, 0.25) is 0 Å². The van der Waals surface area contributed by atoms with Crippen molar-refractivity contribution in [1.82, 2.24) is 14.5 Å². The number of hydrogen-bond acceptors (Lipinski definition) is 5. The topological polar surface area (TPSA) is 69.7 Å². The summed E-state index contributed by atoms with van der Waals surface area (Å²) in [6, 6.07) is 3.32. The van der Waals surface area contributed by atoms with Gasteiger partial charge < -0.3 is 23.4 Å². The lowest BCUT2D eigenvalue weighted by Crippen LogP contribution is -2.39. The standard InChI is InChI=1S/C17H23N3O4/c1-22-11-10-19-9-7-18-16(19)13-4-3-8-20(12-13)17(21)14-5-6-15(23-2)24-14/h5-7,9,13H,3-4,8,10-12H2,1-2H3/t13-/m1/s1. The first-order valence-corrected chi connectivity index (χ1v) is 8.16. The van der Waals surface area contributed by atoms with Crippen molar-refractivity contribution in [2.24, 2.45) is 0 Å². The number of likely N-dealkylation sites (tertiary alicyclic amines) is 1. The van der Waals surface area contributed by atoms with Crippen molar-refractivity contribution in [1.29, 1.82) is 0 Å². The molecule has 1 aliphatic heterocycles. The molecule has 1 fully saturated rings. The molecule has 0 saturated carbocycles. The van der Waals surface area contributed by atoms with Gasteiger partial charge in [-0.3, -0.25) is 4.79 Å². The van der Waals surface area contributed by atoms with E-state index in [2.05, 4.69) is 9.55 Å². The Morgan fingerprint density at radius 1 is 1.42 bits per heavy atom. The third-order valence-corrected chi connectivity index (χ3v) is 4.35. The van der Waals surface area contributed by atoms with Gasteiger partial charge in [0.15, 0.2) is 5.76 Å². The molecule has 2 aromatic heterocycles. The average molecular weight is 333 g/mol. The largest absolute Gasteiger partial charge is 0.468 e. The Kier molecular flexibility index (Phi) is 5.20. The van der Waals surface area contributed by atoms with E-state index in [1.165, 1.54) is 7.11 Å². The molecule has 0 aliphatic carbocycles. The monoisotopic (exact) mass is 333 g/mol. The minimum absolute atomic E-state index is 0.0991. The van der Waals surface area contributed by atoms with Crippen molar-refractivity contribution < 1.29 is 18.7 Å². The van der Waals surface area contributed by atoms with E-state index in [9.17, 15) is 4.79 Å². The predicted octanol–water partition coefficient (Wildman–Crippen LogP) is 2.15. The molecule has 0 unspecified atom stereocenters. The summed E-state index contributed by atoms with van der Waals surface area (Å²) >= 11 is 0. The van der Waals surface area contributed by atoms with Gasteiger partial charge in [0.1, 0.15) is 5.82 Å². The normalized spacial score (nSPS) is 17.9. The van der Waals surface area contributed by atoms with Crippen LogP contribution in [-0.2, 0) is 11.3 Å². The van der Waals surface area contributed by atoms with Crippen molar-refractivity contribution in [2.45, 2.75) is 25.3 Å². The molecule has 0 bridgehead atoms. The summed E-state index contributed by atoms with van der Waals surface area (Å²) in [7, 11) is 3.21. The molecule has 7 nitrogen and oxygen atoms in total. The summed E-state index contributed by atoms with van der Waals surface area (Å²) in [5, 5.41) is 0. The van der Waals surface area contributed by atoms with E-state index in [4.69, 9.17) is 13.9 Å². The fourth-order valence-electron chi connectivity index (χ4n) is 3.13. The second-order valence-electron chi connectivity index (χ2n) is 5.88. The van der Waals surface area contributed by atoms with Crippen LogP contribution in [0.5, 0.6) is 5.95 Å². The number of imidazole rings is 1. The minimum atomic E-state index is -0.0991. The smallest absolute Gasteiger partial charge is 0.289 e. The van der Waals surface area contributed by atoms with Crippen molar-refractivity contribution in [3.8, 4) is 5.95 Å². The molecule has 1 aliphatic rings. The van der Waals surface area contributed by atoms with E-state index >= 15 is 0 Å². The maximum Gasteiger partial charge on any atom is 0.289 e. The number of carbonyl (C=O) groups excluding carboxylic acids is 1. The lowest BCUT2D eigenvalue weighted by Gasteiger charge is -2.32. The number of piperidine rings is 1. The van der Waals surface area contributed by atoms with Crippen molar-refractivity contribution in [2.75, 3.05) is 33.9 Å². The van der Waals surface area contributed by atoms with Crippen LogP contribution in [0.25, 0.3) is 0 Å². The van der Waals surface area contributed by atoms with Crippen molar-refractivity contribution in [3.63, 3.8) is 0 Å². The zero-order valence-corrected chi connectivity index (χ0v) is 14.1. The summed E-state index contributed by atoms with van der Waals surface area (Å²) < 4.78 is 17.7. The second-order valence-corrected chi connectivity index (χ2v) is 5.88. The van der Waals surface area contributed by atoms with Crippen molar-refractivity contribution in [3.05, 3.63) is 36.1 Å². The number of carbonyl (C=O) groups is 1. The third-order valence-electron chi connectivity index (χ3n) is 4.35. The van der Waals surface area contributed by atoms with Crippen LogP contribution in [0.15, 0.2) is 28.9 Å². The zero-order chi connectivity index (χ0) is 16.9. The Morgan fingerprint density at radius 3 is 3.04 bits per heavy atom. The van der Waals surface area contributed by atoms with Gasteiger partial charge in [-0.1, -0.05) is 0 Å². The molecule has 0 radical (unpaired) electrons. The molecule has 0 aromatic carbocycles. The number of rotatable bonds is 6. The Bertz CT molecular complexity index is 679. The van der Waals surface area contributed by atoms with Gasteiger partial charge in [-0.05, 0) is 18.9 Å². The summed E-state index contributed by atoms with van der Waals surface area (Å²) in [4.78, 5) is 19.0. The van der Waals surface area contributed by atoms with Gasteiger partial charge in [0.25, 0.3) is 11.9 Å². The van der Waals surface area contributed by atoms with E-state index < -0.39 is 0 Å². The van der Waals surface area contributed by atoms with E-state index in [1.807, 2.05) is 17.3 Å². The van der Waals surface area contributed by atoms with Crippen LogP contribution in [0.4, 0.5) is 0 Å². The van der Waals surface area contributed by atoms with Crippen LogP contribution in [0, 0.1) is 0 Å². The Labute approximate surface area is 141 Å². The van der Waals surface area contributed by atoms with Crippen LogP contribution in [-0.4, -0.2) is 54.3 Å². The van der Waals surface area contributed by atoms with E-state index in [0.29, 0.717) is 24.9 Å². The summed E-state index contributed by atoms with van der Waals surface area (Å²) in [6.45, 7) is 2.79. The molecule has 3 rings (SSSR count). The summed E-state index contributed by atoms with van der Waals surface area (Å²) in [5.41, 5.74) is 0. The SMILES string of the molecule is COCCn1ccnc1[C@@H]1CCCN(C(=O)c2ccc(OC)o2)C1. The maximum absolute atomic E-state index is 12.6. The summed E-state index contributed by atoms with van der Waals surface area (Å²) in [5.74, 6) is 1.81. The molecule has 2 aromatic rings. The van der Waals surface area contributed by atoms with E-state index in [0.717, 1.165) is 31.8 Å². The van der Waals surface area contributed by atoms with E-state index in [1.54, 1.807) is 19.2 Å². The van der Waals surface area contributed by atoms with Gasteiger partial charge in [0.2, 0.25) is 0 Å². The first kappa shape index (κ1) is 16.6. The van der Waals surface area contributed by atoms with Gasteiger partial charge in [-0.2, -0.15) is 0 Å². The quantitative estimate of drug-likeness (QED) is 0.810. The molecule has 0 N–H and O–H groups in total. The molecule has 7 heteroatoms. The third kappa shape index (κ3) is 3.46. The molecular formula is C17H23N3O4. The lowest BCUT2D eigenvalue weighted by atomic mass is 9.97. The predicted molar refractivity (Wildman–Crippen MR) is 87.2 cm³/mol. The number of furan rings is 1. The first-order chi connectivity index (χ1) is 11.7. The number of aromatic nitrogens is 2. The molecule has 1 atom stereocenters. The van der Waals surface area contributed by atoms with E-state index in [-0.39, 0.29) is 11.8 Å². The van der Waals surface area contributed by atoms with Crippen molar-refractivity contribution >= 4 is 5.91 Å². The fourth-order valence-corrected chi connectivity index (χ4v) is 3.13. The molecule has 24 heavy (non-hydrogen) atoms. The van der Waals surface area contributed by atoms with Crippen LogP contribution >= 0.6 is 0 Å². The van der Waals surface area contributed by atoms with Gasteiger partial charge in [-0.15, -0.1) is 0 Å². The lowest BCUT2D eigenvalue weighted by molar-refractivity contribution is 0.0664. The molecule has 3 heterocycles. The highest BCUT2D eigenvalue weighted by Crippen LogP contribution is 2.27. The van der Waals surface area contributed by atoms with Gasteiger partial charge in [0.05, 0.1) is 13.7 Å². The number of nitrogens with zero attached hydrogens (tertiary/aromatic N) is 3. The highest BCUT2D eigenvalue weighted by atomic mass is 16.6. The average Bonchev–Trinajstić information content (AvgIpc) is 3.28. The highest BCUT2D eigenvalue weighted by Gasteiger charge is 2.29. The van der Waals surface area contributed by atoms with Gasteiger partial charge in [0, 0.05) is 51.1 Å². The number of amides is 1. The molecule has 130 valence electrons. The highest BCUT2D eigenvalue weighted by molar-refractivity contribution is 5.91. The molecular weight excluding hydrogens is 310 g/mol. The van der Waals surface area contributed by atoms with Crippen LogP contribution < -0.4 is 4.74 Å². The second kappa shape index (κ2) is 7.53.